The number of aliphatic hydroxyl groups excluding tert-OH is 2. The molecule has 0 aliphatic rings. The Morgan fingerprint density at radius 2 is 0.917 bits per heavy atom. The molecule has 0 saturated carbocycles. The molecule has 9 heteroatoms. The number of carbonyl (C=O) groups is 2. The number of hydrogen-bond donors (Lipinski definition) is 2. The van der Waals surface area contributed by atoms with Crippen LogP contribution in [0.2, 0.25) is 0 Å². The van der Waals surface area contributed by atoms with Crippen molar-refractivity contribution in [3.05, 3.63) is 18.2 Å². The Balaban J connectivity index is 2.55. The summed E-state index contributed by atoms with van der Waals surface area (Å²) in [6.45, 7) is 14.3. The molecule has 0 aliphatic heterocycles. The van der Waals surface area contributed by atoms with Crippen LogP contribution >= 0.6 is 0 Å². The lowest BCUT2D eigenvalue weighted by Crippen LogP contribution is -2.39. The first-order valence-electron chi connectivity index (χ1n) is 25.6. The second kappa shape index (κ2) is 39.8. The van der Waals surface area contributed by atoms with E-state index in [4.69, 9.17) is 9.47 Å². The first kappa shape index (κ1) is 56.0. The zero-order valence-electron chi connectivity index (χ0n) is 40.0. The van der Waals surface area contributed by atoms with Gasteiger partial charge in [-0.1, -0.05) is 156 Å². The molecule has 0 saturated heterocycles. The minimum Gasteiger partial charge on any atom is -0.465 e. The molecule has 1 aromatic heterocycles. The Kier molecular flexibility index (Phi) is 37.2. The lowest BCUT2D eigenvalue weighted by molar-refractivity contribution is -0.150. The van der Waals surface area contributed by atoms with Crippen LogP contribution in [0.1, 0.15) is 233 Å². The molecule has 9 nitrogen and oxygen atoms in total. The minimum absolute atomic E-state index is 0.0110. The second-order valence-electron chi connectivity index (χ2n) is 18.1. The fourth-order valence-corrected chi connectivity index (χ4v) is 8.42. The average molecular weight is 848 g/mol. The number of nitrogens with zero attached hydrogens (tertiary/aromatic N) is 3. The van der Waals surface area contributed by atoms with Crippen molar-refractivity contribution in [3.63, 3.8) is 0 Å². The summed E-state index contributed by atoms with van der Waals surface area (Å²) in [5, 5.41) is 22.2. The van der Waals surface area contributed by atoms with E-state index in [0.717, 1.165) is 102 Å². The lowest BCUT2D eigenvalue weighted by Gasteiger charge is -2.27. The quantitative estimate of drug-likeness (QED) is 0.0493. The van der Waals surface area contributed by atoms with E-state index < -0.39 is 12.2 Å². The van der Waals surface area contributed by atoms with Crippen molar-refractivity contribution >= 4 is 11.9 Å². The monoisotopic (exact) mass is 848 g/mol. The Bertz CT molecular complexity index is 1050. The predicted octanol–water partition coefficient (Wildman–Crippen LogP) is 12.7. The molecule has 0 fully saturated rings. The second-order valence-corrected chi connectivity index (χ2v) is 18.1. The summed E-state index contributed by atoms with van der Waals surface area (Å²) in [5.74, 6) is 0.947. The summed E-state index contributed by atoms with van der Waals surface area (Å²) in [5.41, 5.74) is 0. The van der Waals surface area contributed by atoms with Crippen LogP contribution in [-0.4, -0.2) is 81.7 Å². The molecule has 1 aromatic rings. The van der Waals surface area contributed by atoms with Gasteiger partial charge in [0, 0.05) is 38.6 Å². The van der Waals surface area contributed by atoms with Crippen molar-refractivity contribution in [2.45, 2.75) is 252 Å². The topological polar surface area (TPSA) is 114 Å². The molecule has 0 bridgehead atoms. The van der Waals surface area contributed by atoms with Crippen LogP contribution in [0.3, 0.4) is 0 Å². The maximum atomic E-state index is 13.1. The zero-order valence-corrected chi connectivity index (χ0v) is 40.0. The molecule has 352 valence electrons. The molecule has 0 radical (unpaired) electrons. The molecule has 1 rings (SSSR count). The third-order valence-corrected chi connectivity index (χ3v) is 12.4. The van der Waals surface area contributed by atoms with E-state index >= 15 is 0 Å². The van der Waals surface area contributed by atoms with Crippen molar-refractivity contribution in [1.82, 2.24) is 14.5 Å². The molecular weight excluding hydrogens is 751 g/mol. The molecule has 1 heterocycles. The van der Waals surface area contributed by atoms with Gasteiger partial charge >= 0.3 is 11.9 Å². The lowest BCUT2D eigenvalue weighted by atomic mass is 9.94. The first-order valence-corrected chi connectivity index (χ1v) is 25.6. The van der Waals surface area contributed by atoms with Crippen molar-refractivity contribution in [3.8, 4) is 0 Å². The largest absolute Gasteiger partial charge is 0.465 e. The molecule has 3 unspecified atom stereocenters. The Hall–Kier alpha value is -1.97. The average Bonchev–Trinajstić information content (AvgIpc) is 3.65. The van der Waals surface area contributed by atoms with Gasteiger partial charge in [-0.3, -0.25) is 14.5 Å². The number of hydrogen-bond acceptors (Lipinski definition) is 8. The fourth-order valence-electron chi connectivity index (χ4n) is 8.42. The normalized spacial score (nSPS) is 13.7. The highest BCUT2D eigenvalue weighted by atomic mass is 16.5. The van der Waals surface area contributed by atoms with Gasteiger partial charge in [-0.15, -0.1) is 0 Å². The summed E-state index contributed by atoms with van der Waals surface area (Å²) in [6.07, 6.45) is 35.9. The van der Waals surface area contributed by atoms with Crippen LogP contribution in [0.5, 0.6) is 0 Å². The predicted molar refractivity (Wildman–Crippen MR) is 250 cm³/mol. The number of imidazole rings is 1. The van der Waals surface area contributed by atoms with Crippen molar-refractivity contribution in [1.29, 1.82) is 0 Å². The number of ether oxygens (including phenoxy) is 2. The van der Waals surface area contributed by atoms with Gasteiger partial charge in [0.05, 0.1) is 37.3 Å². The van der Waals surface area contributed by atoms with Crippen molar-refractivity contribution in [2.24, 2.45) is 11.8 Å². The standard InChI is InChI=1S/C51H97N3O6/c1-6-10-14-18-20-24-33-46(31-22-16-12-8-3)50(57)59-41-28-26-35-48(55)43-53(38-30-39-54-40-37-52-45(54)5)44-49(56)36-27-29-42-60-51(58)47(32-23-17-13-9-4)34-25-21-19-15-11-7-2/h37,40,46-49,55-56H,6-36,38-39,41-44H2,1-5H3/t46?,47?,48-,49?/m0/s1. The van der Waals surface area contributed by atoms with Crippen molar-refractivity contribution < 1.29 is 29.3 Å². The van der Waals surface area contributed by atoms with E-state index in [2.05, 4.69) is 42.1 Å². The third kappa shape index (κ3) is 31.0. The van der Waals surface area contributed by atoms with Crippen LogP contribution in [0.15, 0.2) is 12.4 Å². The van der Waals surface area contributed by atoms with Gasteiger partial charge in [0.15, 0.2) is 0 Å². The summed E-state index contributed by atoms with van der Waals surface area (Å²) < 4.78 is 13.7. The van der Waals surface area contributed by atoms with Gasteiger partial charge in [0.1, 0.15) is 5.82 Å². The van der Waals surface area contributed by atoms with Gasteiger partial charge in [-0.2, -0.15) is 0 Å². The maximum Gasteiger partial charge on any atom is 0.308 e. The van der Waals surface area contributed by atoms with Crippen LogP contribution in [0.4, 0.5) is 0 Å². The van der Waals surface area contributed by atoms with Gasteiger partial charge in [-0.25, -0.2) is 4.98 Å². The van der Waals surface area contributed by atoms with E-state index in [1.165, 1.54) is 103 Å². The molecule has 0 spiro atoms. The van der Waals surface area contributed by atoms with Gasteiger partial charge in [0.2, 0.25) is 0 Å². The molecule has 0 aliphatic carbocycles. The van der Waals surface area contributed by atoms with Gasteiger partial charge in [-0.05, 0) is 77.6 Å². The van der Waals surface area contributed by atoms with Crippen molar-refractivity contribution in [2.75, 3.05) is 32.8 Å². The van der Waals surface area contributed by atoms with Crippen LogP contribution in [-0.2, 0) is 25.6 Å². The third-order valence-electron chi connectivity index (χ3n) is 12.4. The minimum atomic E-state index is -0.521. The zero-order chi connectivity index (χ0) is 43.9. The molecule has 2 N–H and O–H groups in total. The number of esters is 2. The Morgan fingerprint density at radius 1 is 0.550 bits per heavy atom. The molecular formula is C51H97N3O6. The fraction of sp³-hybridized carbons (Fsp3) is 0.902. The molecule has 0 aromatic carbocycles. The van der Waals surface area contributed by atoms with Crippen LogP contribution < -0.4 is 0 Å². The number of carbonyl (C=O) groups excluding carboxylic acids is 2. The van der Waals surface area contributed by atoms with E-state index in [0.29, 0.717) is 39.1 Å². The van der Waals surface area contributed by atoms with Crippen LogP contribution in [0, 0.1) is 18.8 Å². The Labute approximate surface area is 369 Å². The van der Waals surface area contributed by atoms with Crippen LogP contribution in [0.25, 0.3) is 0 Å². The highest BCUT2D eigenvalue weighted by Gasteiger charge is 2.21. The number of aromatic nitrogens is 2. The van der Waals surface area contributed by atoms with E-state index in [9.17, 15) is 19.8 Å². The van der Waals surface area contributed by atoms with Gasteiger partial charge < -0.3 is 24.3 Å². The number of unbranched alkanes of at least 4 members (excludes halogenated alkanes) is 18. The van der Waals surface area contributed by atoms with E-state index in [-0.39, 0.29) is 23.8 Å². The SMILES string of the molecule is CCCCCCCCC(CCCCCC)C(=O)OCCCCC(O)CN(CCCn1ccnc1C)C[C@@H](O)CCCCOC(=O)C(CCCCCC)CCCCCCCC. The van der Waals surface area contributed by atoms with Gasteiger partial charge in [0.25, 0.3) is 0 Å². The highest BCUT2D eigenvalue weighted by molar-refractivity contribution is 5.72. The maximum absolute atomic E-state index is 13.1. The number of aliphatic hydroxyl groups is 2. The molecule has 4 atom stereocenters. The van der Waals surface area contributed by atoms with E-state index in [1.807, 2.05) is 19.3 Å². The Morgan fingerprint density at radius 3 is 1.30 bits per heavy atom. The summed E-state index contributed by atoms with van der Waals surface area (Å²) in [7, 11) is 0. The summed E-state index contributed by atoms with van der Waals surface area (Å²) in [4.78, 5) is 32.7. The summed E-state index contributed by atoms with van der Waals surface area (Å²) in [6, 6.07) is 0. The highest BCUT2D eigenvalue weighted by Crippen LogP contribution is 2.22. The first-order chi connectivity index (χ1) is 29.2. The van der Waals surface area contributed by atoms with E-state index in [1.54, 1.807) is 0 Å². The number of aryl methyl sites for hydroxylation is 2. The molecule has 0 amide bonds. The summed E-state index contributed by atoms with van der Waals surface area (Å²) >= 11 is 0. The molecule has 60 heavy (non-hydrogen) atoms. The number of rotatable bonds is 44. The smallest absolute Gasteiger partial charge is 0.308 e.